The van der Waals surface area contributed by atoms with E-state index in [2.05, 4.69) is 10.6 Å². The van der Waals surface area contributed by atoms with Gasteiger partial charge in [-0.25, -0.2) is 4.79 Å². The smallest absolute Gasteiger partial charge is 0.407 e. The second kappa shape index (κ2) is 19.6. The zero-order valence-corrected chi connectivity index (χ0v) is 26.5. The van der Waals surface area contributed by atoms with Gasteiger partial charge in [0.15, 0.2) is 17.3 Å². The molecule has 0 spiro atoms. The average Bonchev–Trinajstić information content (AvgIpc) is 2.97. The minimum absolute atomic E-state index is 0.00570. The van der Waals surface area contributed by atoms with E-state index in [4.69, 9.17) is 29.1 Å². The summed E-state index contributed by atoms with van der Waals surface area (Å²) >= 11 is 0. The number of fused-ring (bicyclic) bond motifs is 1. The van der Waals surface area contributed by atoms with Gasteiger partial charge in [0, 0.05) is 36.3 Å². The number of amides is 1. The van der Waals surface area contributed by atoms with Gasteiger partial charge in [-0.3, -0.25) is 14.4 Å². The van der Waals surface area contributed by atoms with Crippen LogP contribution in [0.3, 0.4) is 0 Å². The first-order valence-electron chi connectivity index (χ1n) is 14.9. The number of ketones is 4. The van der Waals surface area contributed by atoms with E-state index in [1.54, 1.807) is 32.9 Å². The first kappa shape index (κ1) is 37.4. The molecule has 3 N–H and O–H groups in total. The van der Waals surface area contributed by atoms with Crippen LogP contribution in [0, 0.1) is 11.3 Å². The van der Waals surface area contributed by atoms with E-state index in [0.29, 0.717) is 77.8 Å². The summed E-state index contributed by atoms with van der Waals surface area (Å²) < 4.78 is 27.0. The third kappa shape index (κ3) is 13.8. The Hall–Kier alpha value is -3.78. The molecule has 13 nitrogen and oxygen atoms in total. The number of ether oxygens (including phenoxy) is 5. The molecule has 0 bridgehead atoms. The maximum Gasteiger partial charge on any atom is 0.407 e. The van der Waals surface area contributed by atoms with Gasteiger partial charge >= 0.3 is 6.09 Å². The van der Waals surface area contributed by atoms with E-state index >= 15 is 0 Å². The van der Waals surface area contributed by atoms with Crippen LogP contribution in [0.15, 0.2) is 29.8 Å². The van der Waals surface area contributed by atoms with E-state index in [9.17, 15) is 24.0 Å². The second-order valence-electron chi connectivity index (χ2n) is 11.2. The molecule has 1 aliphatic rings. The predicted octanol–water partition coefficient (Wildman–Crippen LogP) is 3.20. The molecule has 13 heteroatoms. The Bertz CT molecular complexity index is 1220. The fourth-order valence-corrected chi connectivity index (χ4v) is 4.31. The number of hydrogen-bond donors (Lipinski definition) is 3. The van der Waals surface area contributed by atoms with Crippen molar-refractivity contribution in [2.75, 3.05) is 71.3 Å². The number of hydrogen-bond acceptors (Lipinski definition) is 12. The standard InChI is InChI=1S/C32H45N3O10/c1-22(36)8-9-23(28(38)21-33)25-20-27(37)29-24(30(25)39)6-5-7-26(29)34-10-12-41-14-16-43-18-19-44-17-15-42-13-11-35-31(40)45-32(2,3)4/h5-7,20-21,23,33-34H,8-19H2,1-4H3,(H,35,40). The van der Waals surface area contributed by atoms with E-state index in [1.807, 2.05) is 0 Å². The van der Waals surface area contributed by atoms with Crippen molar-refractivity contribution in [3.8, 4) is 0 Å². The van der Waals surface area contributed by atoms with Crippen molar-refractivity contribution in [3.63, 3.8) is 0 Å². The Labute approximate surface area is 263 Å². The summed E-state index contributed by atoms with van der Waals surface area (Å²) in [4.78, 5) is 61.6. The quantitative estimate of drug-likeness (QED) is 0.126. The number of anilines is 1. The largest absolute Gasteiger partial charge is 0.444 e. The summed E-state index contributed by atoms with van der Waals surface area (Å²) in [5.74, 6) is -2.68. The van der Waals surface area contributed by atoms with Crippen LogP contribution in [-0.2, 0) is 33.3 Å². The van der Waals surface area contributed by atoms with Gasteiger partial charge in [-0.1, -0.05) is 12.1 Å². The highest BCUT2D eigenvalue weighted by atomic mass is 16.6. The number of allylic oxidation sites excluding steroid dienone is 2. The predicted molar refractivity (Wildman–Crippen MR) is 166 cm³/mol. The summed E-state index contributed by atoms with van der Waals surface area (Å²) in [5, 5.41) is 13.1. The third-order valence-electron chi connectivity index (χ3n) is 6.34. The van der Waals surface area contributed by atoms with Crippen LogP contribution in [-0.4, -0.2) is 107 Å². The molecule has 1 amide bonds. The lowest BCUT2D eigenvalue weighted by Gasteiger charge is -2.23. The lowest BCUT2D eigenvalue weighted by atomic mass is 9.79. The van der Waals surface area contributed by atoms with Crippen LogP contribution in [0.4, 0.5) is 10.5 Å². The number of benzene rings is 1. The first-order valence-corrected chi connectivity index (χ1v) is 14.9. The van der Waals surface area contributed by atoms with Crippen molar-refractivity contribution in [1.29, 1.82) is 5.41 Å². The number of alkyl carbamates (subject to hydrolysis) is 1. The minimum atomic E-state index is -1.02. The average molecular weight is 632 g/mol. The normalized spacial score (nSPS) is 13.5. The number of nitrogens with one attached hydrogen (secondary N) is 3. The first-order chi connectivity index (χ1) is 21.4. The highest BCUT2D eigenvalue weighted by molar-refractivity contribution is 6.33. The summed E-state index contributed by atoms with van der Waals surface area (Å²) in [6.07, 6.45) is 1.41. The molecule has 2 rings (SSSR count). The van der Waals surface area contributed by atoms with Gasteiger partial charge < -0.3 is 44.5 Å². The monoisotopic (exact) mass is 631 g/mol. The topological polar surface area (TPSA) is 179 Å². The molecule has 0 fully saturated rings. The van der Waals surface area contributed by atoms with Crippen LogP contribution >= 0.6 is 0 Å². The summed E-state index contributed by atoms with van der Waals surface area (Å²) in [5.41, 5.74) is 0.324. The van der Waals surface area contributed by atoms with Crippen LogP contribution in [0.25, 0.3) is 0 Å². The fraction of sp³-hybridized carbons (Fsp3) is 0.562. The lowest BCUT2D eigenvalue weighted by molar-refractivity contribution is -0.118. The maximum atomic E-state index is 13.3. The van der Waals surface area contributed by atoms with Gasteiger partial charge in [0.1, 0.15) is 11.4 Å². The Morgan fingerprint density at radius 1 is 0.889 bits per heavy atom. The minimum Gasteiger partial charge on any atom is -0.444 e. The molecule has 1 unspecified atom stereocenters. The zero-order valence-electron chi connectivity index (χ0n) is 26.5. The SMILES string of the molecule is CC(=O)CCC(C(=O)C=N)C1=CC(=O)c2c(NCCOCCOCCOCCOCCNC(=O)OC(C)(C)C)cccc2C1=O. The molecule has 0 heterocycles. The molecule has 0 aliphatic heterocycles. The van der Waals surface area contributed by atoms with Crippen LogP contribution in [0.5, 0.6) is 0 Å². The highest BCUT2D eigenvalue weighted by Crippen LogP contribution is 2.32. The third-order valence-corrected chi connectivity index (χ3v) is 6.34. The summed E-state index contributed by atoms with van der Waals surface area (Å²) in [6.45, 7) is 10.5. The molecule has 1 aromatic carbocycles. The van der Waals surface area contributed by atoms with Gasteiger partial charge in [-0.2, -0.15) is 0 Å². The van der Waals surface area contributed by atoms with Gasteiger partial charge in [0.05, 0.1) is 70.6 Å². The number of Topliss-reactive ketones (excluding diaryl/α,β-unsaturated/α-hetero) is 3. The molecule has 0 radical (unpaired) electrons. The van der Waals surface area contributed by atoms with E-state index in [1.165, 1.54) is 13.0 Å². The molecule has 1 aromatic rings. The van der Waals surface area contributed by atoms with Crippen molar-refractivity contribution in [2.45, 2.75) is 46.1 Å². The van der Waals surface area contributed by atoms with Crippen molar-refractivity contribution in [1.82, 2.24) is 5.32 Å². The molecule has 45 heavy (non-hydrogen) atoms. The number of carbonyl (C=O) groups is 5. The molecular weight excluding hydrogens is 586 g/mol. The van der Waals surface area contributed by atoms with Crippen LogP contribution in [0.1, 0.15) is 61.3 Å². The number of rotatable bonds is 22. The summed E-state index contributed by atoms with van der Waals surface area (Å²) in [6, 6.07) is 4.86. The molecule has 0 aromatic heterocycles. The van der Waals surface area contributed by atoms with Crippen molar-refractivity contribution >= 4 is 41.1 Å². The van der Waals surface area contributed by atoms with Gasteiger partial charge in [0.2, 0.25) is 0 Å². The Kier molecular flexibility index (Phi) is 16.3. The van der Waals surface area contributed by atoms with E-state index < -0.39 is 35.0 Å². The van der Waals surface area contributed by atoms with Crippen molar-refractivity contribution in [3.05, 3.63) is 41.0 Å². The molecule has 0 saturated carbocycles. The van der Waals surface area contributed by atoms with Crippen molar-refractivity contribution < 1.29 is 47.7 Å². The molecular formula is C32H45N3O10. The van der Waals surface area contributed by atoms with Gasteiger partial charge in [-0.05, 0) is 46.3 Å². The Balaban J connectivity index is 1.61. The van der Waals surface area contributed by atoms with Gasteiger partial charge in [0.25, 0.3) is 0 Å². The van der Waals surface area contributed by atoms with E-state index in [0.717, 1.165) is 6.08 Å². The molecule has 248 valence electrons. The Morgan fingerprint density at radius 2 is 1.47 bits per heavy atom. The second-order valence-corrected chi connectivity index (χ2v) is 11.2. The number of carbonyl (C=O) groups excluding carboxylic acids is 5. The van der Waals surface area contributed by atoms with E-state index in [-0.39, 0.29) is 35.3 Å². The molecule has 0 saturated heterocycles. The van der Waals surface area contributed by atoms with Crippen LogP contribution in [0.2, 0.25) is 0 Å². The highest BCUT2D eigenvalue weighted by Gasteiger charge is 2.34. The Morgan fingerprint density at radius 3 is 2.02 bits per heavy atom. The summed E-state index contributed by atoms with van der Waals surface area (Å²) in [7, 11) is 0. The van der Waals surface area contributed by atoms with Gasteiger partial charge in [-0.15, -0.1) is 0 Å². The zero-order chi connectivity index (χ0) is 33.2. The lowest BCUT2D eigenvalue weighted by Crippen LogP contribution is -2.34. The fourth-order valence-electron chi connectivity index (χ4n) is 4.31. The van der Waals surface area contributed by atoms with Crippen molar-refractivity contribution in [2.24, 2.45) is 5.92 Å². The molecule has 1 atom stereocenters. The van der Waals surface area contributed by atoms with Crippen LogP contribution < -0.4 is 10.6 Å². The molecule has 1 aliphatic carbocycles. The maximum absolute atomic E-state index is 13.3.